The van der Waals surface area contributed by atoms with Crippen molar-refractivity contribution < 1.29 is 19.7 Å². The van der Waals surface area contributed by atoms with E-state index in [4.69, 9.17) is 9.72 Å². The Morgan fingerprint density at radius 2 is 2.03 bits per heavy atom. The minimum absolute atomic E-state index is 0. The van der Waals surface area contributed by atoms with Gasteiger partial charge in [-0.15, -0.1) is 0 Å². The number of anilines is 2. The van der Waals surface area contributed by atoms with Crippen LogP contribution in [0.5, 0.6) is 0 Å². The Hall–Kier alpha value is -3.08. The smallest absolute Gasteiger partial charge is 0.284 e. The maximum absolute atomic E-state index is 13.8. The van der Waals surface area contributed by atoms with Gasteiger partial charge in [-0.05, 0) is 50.0 Å². The minimum Gasteiger partial charge on any atom is -0.374 e. The molecule has 0 radical (unpaired) electrons. The van der Waals surface area contributed by atoms with Crippen molar-refractivity contribution in [2.24, 2.45) is 11.8 Å². The Kier molecular flexibility index (Phi) is 5.89. The second-order valence-corrected chi connectivity index (χ2v) is 10.6. The van der Waals surface area contributed by atoms with E-state index in [2.05, 4.69) is 34.3 Å². The number of carbonyl (C=O) groups excluding carboxylic acids is 1. The van der Waals surface area contributed by atoms with Gasteiger partial charge < -0.3 is 15.0 Å². The summed E-state index contributed by atoms with van der Waals surface area (Å²) >= 11 is 0. The highest BCUT2D eigenvalue weighted by Gasteiger charge is 2.39. The first-order valence-corrected chi connectivity index (χ1v) is 12.8. The Morgan fingerprint density at radius 3 is 2.69 bits per heavy atom. The first-order chi connectivity index (χ1) is 17.4. The highest BCUT2D eigenvalue weighted by molar-refractivity contribution is 6.08. The standard InChI is InChI=1S/C25H31F2N7O2.H2/c1-14(2)15-3-5-16(6-4-15)34-12-20(22(31-34)23(26)27)29-25(35)19-10-28-33-8-7-21(30-24(19)33)32-11-18-9-17(32)13-36-18;/h7-8,10,12,14-18,23H,3-6,9,11,13H2,1-2H3,(H,29,35);1H/t15?,16?,17-,18-;/m0./s1. The lowest BCUT2D eigenvalue weighted by Gasteiger charge is -2.30. The third-order valence-corrected chi connectivity index (χ3v) is 8.07. The number of aromatic nitrogens is 5. The molecule has 9 nitrogen and oxygen atoms in total. The number of amides is 1. The molecule has 2 atom stereocenters. The Labute approximate surface area is 209 Å². The van der Waals surface area contributed by atoms with Crippen molar-refractivity contribution in [2.75, 3.05) is 23.4 Å². The fraction of sp³-hybridized carbons (Fsp3) is 0.600. The van der Waals surface area contributed by atoms with Crippen LogP contribution >= 0.6 is 0 Å². The Bertz CT molecular complexity index is 1270. The van der Waals surface area contributed by atoms with Gasteiger partial charge in [-0.2, -0.15) is 10.2 Å². The molecule has 3 aromatic rings. The molecule has 36 heavy (non-hydrogen) atoms. The van der Waals surface area contributed by atoms with E-state index in [1.165, 1.54) is 10.7 Å². The van der Waals surface area contributed by atoms with E-state index in [1.54, 1.807) is 17.1 Å². The molecule has 0 aromatic carbocycles. The van der Waals surface area contributed by atoms with Crippen LogP contribution in [-0.4, -0.2) is 55.6 Å². The molecular weight excluding hydrogens is 468 g/mol. The number of hydrogen-bond donors (Lipinski definition) is 1. The van der Waals surface area contributed by atoms with E-state index >= 15 is 0 Å². The van der Waals surface area contributed by atoms with E-state index in [-0.39, 0.29) is 30.9 Å². The van der Waals surface area contributed by atoms with Crippen LogP contribution in [-0.2, 0) is 4.74 Å². The summed E-state index contributed by atoms with van der Waals surface area (Å²) in [7, 11) is 0. The molecule has 0 unspecified atom stereocenters. The van der Waals surface area contributed by atoms with Crippen LogP contribution in [0.1, 0.15) is 75.9 Å². The number of fused-ring (bicyclic) bond motifs is 3. The van der Waals surface area contributed by atoms with Gasteiger partial charge in [-0.25, -0.2) is 18.3 Å². The van der Waals surface area contributed by atoms with E-state index in [1.807, 2.05) is 6.07 Å². The zero-order valence-electron chi connectivity index (χ0n) is 20.5. The first kappa shape index (κ1) is 23.3. The van der Waals surface area contributed by atoms with Crippen molar-refractivity contribution in [1.29, 1.82) is 0 Å². The van der Waals surface area contributed by atoms with Gasteiger partial charge in [-0.3, -0.25) is 9.48 Å². The average molecular weight is 502 g/mol. The largest absolute Gasteiger partial charge is 0.374 e. The number of rotatable bonds is 6. The van der Waals surface area contributed by atoms with Gasteiger partial charge in [0, 0.05) is 20.4 Å². The highest BCUT2D eigenvalue weighted by Crippen LogP contribution is 2.37. The summed E-state index contributed by atoms with van der Waals surface area (Å²) in [5.74, 6) is 1.49. The van der Waals surface area contributed by atoms with Crippen molar-refractivity contribution >= 4 is 23.1 Å². The monoisotopic (exact) mass is 501 g/mol. The van der Waals surface area contributed by atoms with Crippen LogP contribution in [0.25, 0.3) is 5.65 Å². The maximum atomic E-state index is 13.8. The third-order valence-electron chi connectivity index (χ3n) is 8.07. The summed E-state index contributed by atoms with van der Waals surface area (Å²) in [5, 5.41) is 11.1. The predicted molar refractivity (Wildman–Crippen MR) is 132 cm³/mol. The van der Waals surface area contributed by atoms with Gasteiger partial charge in [0.05, 0.1) is 36.7 Å². The summed E-state index contributed by atoms with van der Waals surface area (Å²) in [6.07, 6.45) is 7.00. The summed E-state index contributed by atoms with van der Waals surface area (Å²) < 4.78 is 36.5. The molecular formula is C25H33F2N7O2. The van der Waals surface area contributed by atoms with Crippen molar-refractivity contribution in [3.05, 3.63) is 35.9 Å². The fourth-order valence-electron chi connectivity index (χ4n) is 5.93. The minimum atomic E-state index is -2.80. The maximum Gasteiger partial charge on any atom is 0.284 e. The number of nitrogens with zero attached hydrogens (tertiary/aromatic N) is 6. The van der Waals surface area contributed by atoms with Crippen molar-refractivity contribution in [3.63, 3.8) is 0 Å². The van der Waals surface area contributed by atoms with Gasteiger partial charge in [0.15, 0.2) is 11.3 Å². The number of ether oxygens (including phenoxy) is 1. The Morgan fingerprint density at radius 1 is 1.22 bits per heavy atom. The SMILES string of the molecule is CC(C)C1CCC(n2cc(NC(=O)c3cnn4ccc(N5C[C@@H]6C[C@H]5CO6)nc34)c(C(F)F)n2)CC1.[HH]. The number of nitrogens with one attached hydrogen (secondary N) is 1. The third kappa shape index (κ3) is 4.12. The zero-order chi connectivity index (χ0) is 25.0. The molecule has 3 fully saturated rings. The molecule has 1 aliphatic carbocycles. The normalized spacial score (nSPS) is 26.0. The van der Waals surface area contributed by atoms with Crippen molar-refractivity contribution in [1.82, 2.24) is 24.4 Å². The van der Waals surface area contributed by atoms with Gasteiger partial charge in [0.2, 0.25) is 0 Å². The van der Waals surface area contributed by atoms with Crippen LogP contribution in [0.3, 0.4) is 0 Å². The number of hydrogen-bond acceptors (Lipinski definition) is 6. The number of carbonyl (C=O) groups is 1. The molecule has 1 saturated carbocycles. The lowest BCUT2D eigenvalue weighted by molar-refractivity contribution is 0.0988. The molecule has 11 heteroatoms. The molecule has 2 saturated heterocycles. The van der Waals surface area contributed by atoms with Crippen LogP contribution in [0.4, 0.5) is 20.3 Å². The summed E-state index contributed by atoms with van der Waals surface area (Å²) in [5.41, 5.74) is 0.229. The lowest BCUT2D eigenvalue weighted by Crippen LogP contribution is -2.37. The molecule has 3 aliphatic rings. The average Bonchev–Trinajstić information content (AvgIpc) is 3.66. The summed E-state index contributed by atoms with van der Waals surface area (Å²) in [6.45, 7) is 5.88. The van der Waals surface area contributed by atoms with Gasteiger partial charge in [-0.1, -0.05) is 13.8 Å². The van der Waals surface area contributed by atoms with E-state index in [0.717, 1.165) is 44.5 Å². The van der Waals surface area contributed by atoms with Gasteiger partial charge in [0.25, 0.3) is 12.3 Å². The fourth-order valence-corrected chi connectivity index (χ4v) is 5.93. The molecule has 5 heterocycles. The topological polar surface area (TPSA) is 89.6 Å². The molecule has 194 valence electrons. The van der Waals surface area contributed by atoms with Gasteiger partial charge in [0.1, 0.15) is 11.4 Å². The van der Waals surface area contributed by atoms with E-state index < -0.39 is 18.0 Å². The van der Waals surface area contributed by atoms with Crippen LogP contribution in [0.2, 0.25) is 0 Å². The number of halogens is 2. The second kappa shape index (κ2) is 9.10. The number of alkyl halides is 2. The zero-order valence-corrected chi connectivity index (χ0v) is 20.5. The first-order valence-electron chi connectivity index (χ1n) is 12.8. The van der Waals surface area contributed by atoms with Crippen LogP contribution < -0.4 is 10.2 Å². The Balaban J connectivity index is 0.00000280. The second-order valence-electron chi connectivity index (χ2n) is 10.6. The molecule has 2 bridgehead atoms. The lowest BCUT2D eigenvalue weighted by atomic mass is 9.80. The molecule has 2 aliphatic heterocycles. The van der Waals surface area contributed by atoms with Crippen LogP contribution in [0, 0.1) is 11.8 Å². The molecule has 1 N–H and O–H groups in total. The van der Waals surface area contributed by atoms with E-state index in [0.29, 0.717) is 24.1 Å². The van der Waals surface area contributed by atoms with Crippen molar-refractivity contribution in [3.8, 4) is 0 Å². The molecule has 0 spiro atoms. The molecule has 1 amide bonds. The summed E-state index contributed by atoms with van der Waals surface area (Å²) in [6, 6.07) is 2.21. The predicted octanol–water partition coefficient (Wildman–Crippen LogP) is 4.73. The molecule has 3 aromatic heterocycles. The van der Waals surface area contributed by atoms with Crippen molar-refractivity contribution in [2.45, 2.75) is 70.6 Å². The highest BCUT2D eigenvalue weighted by atomic mass is 19.3. The quantitative estimate of drug-likeness (QED) is 0.526. The van der Waals surface area contributed by atoms with Gasteiger partial charge >= 0.3 is 0 Å². The van der Waals surface area contributed by atoms with Crippen LogP contribution in [0.15, 0.2) is 24.7 Å². The molecule has 6 rings (SSSR count). The number of morpholine rings is 1. The summed E-state index contributed by atoms with van der Waals surface area (Å²) in [4.78, 5) is 20.1. The van der Waals surface area contributed by atoms with E-state index in [9.17, 15) is 13.6 Å².